The van der Waals surface area contributed by atoms with Gasteiger partial charge in [-0.15, -0.1) is 0 Å². The molecule has 2 heterocycles. The molecular weight excluding hydrogens is 322 g/mol. The summed E-state index contributed by atoms with van der Waals surface area (Å²) in [4.78, 5) is 16.1. The third-order valence-corrected chi connectivity index (χ3v) is 3.90. The van der Waals surface area contributed by atoms with Gasteiger partial charge in [-0.25, -0.2) is 4.79 Å². The summed E-state index contributed by atoms with van der Waals surface area (Å²) in [6, 6.07) is 3.82. The highest BCUT2D eigenvalue weighted by Gasteiger charge is 2.26. The summed E-state index contributed by atoms with van der Waals surface area (Å²) in [7, 11) is 4.15. The predicted molar refractivity (Wildman–Crippen MR) is 81.7 cm³/mol. The lowest BCUT2D eigenvalue weighted by atomic mass is 10.1. The summed E-state index contributed by atoms with van der Waals surface area (Å²) in [5.74, 6) is 1.47. The molecule has 1 aromatic rings. The van der Waals surface area contributed by atoms with E-state index >= 15 is 0 Å². The van der Waals surface area contributed by atoms with Gasteiger partial charge in [0.25, 0.3) is 0 Å². The number of nitrogens with one attached hydrogen (secondary N) is 1. The highest BCUT2D eigenvalue weighted by Crippen LogP contribution is 2.17. The van der Waals surface area contributed by atoms with Crippen molar-refractivity contribution in [2.75, 3.05) is 40.3 Å². The second kappa shape index (κ2) is 7.13. The number of hydrogen-bond donors (Lipinski definition) is 1. The topological polar surface area (TPSA) is 48.7 Å². The van der Waals surface area contributed by atoms with E-state index in [1.54, 1.807) is 0 Å². The monoisotopic (exact) mass is 343 g/mol. The third-order valence-electron chi connectivity index (χ3n) is 3.47. The molecule has 0 bridgehead atoms. The van der Waals surface area contributed by atoms with Crippen LogP contribution in [0.15, 0.2) is 21.2 Å². The van der Waals surface area contributed by atoms with Gasteiger partial charge in [0.2, 0.25) is 0 Å². The summed E-state index contributed by atoms with van der Waals surface area (Å²) in [5, 5.41) is 2.95. The molecule has 1 aromatic heterocycles. The number of amides is 2. The van der Waals surface area contributed by atoms with Crippen LogP contribution >= 0.6 is 15.9 Å². The van der Waals surface area contributed by atoms with Crippen molar-refractivity contribution >= 4 is 22.0 Å². The van der Waals surface area contributed by atoms with E-state index < -0.39 is 0 Å². The van der Waals surface area contributed by atoms with Crippen molar-refractivity contribution in [3.63, 3.8) is 0 Å². The molecule has 0 aromatic carbocycles. The Morgan fingerprint density at radius 2 is 2.35 bits per heavy atom. The molecule has 2 amide bonds. The van der Waals surface area contributed by atoms with Gasteiger partial charge in [-0.1, -0.05) is 0 Å². The number of likely N-dealkylation sites (tertiary alicyclic amines) is 1. The van der Waals surface area contributed by atoms with Gasteiger partial charge in [0, 0.05) is 32.6 Å². The molecule has 112 valence electrons. The van der Waals surface area contributed by atoms with E-state index in [9.17, 15) is 4.79 Å². The molecule has 1 N–H and O–H groups in total. The molecule has 0 aliphatic carbocycles. The Bertz CT molecular complexity index is 447. The molecule has 1 saturated heterocycles. The van der Waals surface area contributed by atoms with Gasteiger partial charge in [-0.2, -0.15) is 0 Å². The Labute approximate surface area is 128 Å². The maximum Gasteiger partial charge on any atom is 0.317 e. The van der Waals surface area contributed by atoms with Gasteiger partial charge >= 0.3 is 6.03 Å². The van der Waals surface area contributed by atoms with E-state index in [1.807, 2.05) is 17.0 Å². The first-order valence-corrected chi connectivity index (χ1v) is 7.75. The minimum atomic E-state index is 0.0388. The Balaban J connectivity index is 1.68. The van der Waals surface area contributed by atoms with E-state index in [0.29, 0.717) is 18.9 Å². The minimum Gasteiger partial charge on any atom is -0.454 e. The molecule has 5 nitrogen and oxygen atoms in total. The summed E-state index contributed by atoms with van der Waals surface area (Å²) in [5.41, 5.74) is 0. The fourth-order valence-corrected chi connectivity index (χ4v) is 2.91. The molecule has 0 radical (unpaired) electrons. The zero-order valence-electron chi connectivity index (χ0n) is 12.1. The standard InChI is InChI=1S/C14H22BrN3O2/c1-17(2)9-11-6-8-18(10-11)14(19)16-7-5-12-3-4-13(15)20-12/h3-4,11H,5-10H2,1-2H3,(H,16,19). The smallest absolute Gasteiger partial charge is 0.317 e. The molecule has 0 saturated carbocycles. The molecule has 6 heteroatoms. The molecule has 1 atom stereocenters. The summed E-state index contributed by atoms with van der Waals surface area (Å²) >= 11 is 3.27. The molecule has 0 spiro atoms. The molecule has 2 rings (SSSR count). The van der Waals surface area contributed by atoms with Crippen LogP contribution in [-0.4, -0.2) is 56.1 Å². The maximum atomic E-state index is 12.0. The Morgan fingerprint density at radius 3 is 3.00 bits per heavy atom. The lowest BCUT2D eigenvalue weighted by Gasteiger charge is -2.19. The molecule has 1 unspecified atom stereocenters. The van der Waals surface area contributed by atoms with Crippen molar-refractivity contribution in [3.05, 3.63) is 22.6 Å². The highest BCUT2D eigenvalue weighted by atomic mass is 79.9. The zero-order valence-corrected chi connectivity index (χ0v) is 13.6. The van der Waals surface area contributed by atoms with Crippen LogP contribution in [0.25, 0.3) is 0 Å². The van der Waals surface area contributed by atoms with Gasteiger partial charge in [-0.3, -0.25) is 0 Å². The predicted octanol–water partition coefficient (Wildman–Crippen LogP) is 2.18. The number of rotatable bonds is 5. The van der Waals surface area contributed by atoms with Crippen LogP contribution in [0.1, 0.15) is 12.2 Å². The van der Waals surface area contributed by atoms with Crippen molar-refractivity contribution in [1.29, 1.82) is 0 Å². The summed E-state index contributed by atoms with van der Waals surface area (Å²) in [6.45, 7) is 3.37. The van der Waals surface area contributed by atoms with Crippen molar-refractivity contribution in [2.45, 2.75) is 12.8 Å². The average molecular weight is 344 g/mol. The second-order valence-corrected chi connectivity index (χ2v) is 6.33. The lowest BCUT2D eigenvalue weighted by Crippen LogP contribution is -2.39. The Morgan fingerprint density at radius 1 is 1.55 bits per heavy atom. The van der Waals surface area contributed by atoms with Crippen molar-refractivity contribution in [3.8, 4) is 0 Å². The first kappa shape index (κ1) is 15.4. The van der Waals surface area contributed by atoms with Crippen molar-refractivity contribution in [1.82, 2.24) is 15.1 Å². The van der Waals surface area contributed by atoms with Crippen LogP contribution in [0.3, 0.4) is 0 Å². The molecule has 1 aliphatic rings. The number of furan rings is 1. The fraction of sp³-hybridized carbons (Fsp3) is 0.643. The van der Waals surface area contributed by atoms with Gasteiger partial charge in [0.1, 0.15) is 5.76 Å². The number of carbonyl (C=O) groups is 1. The van der Waals surface area contributed by atoms with E-state index in [-0.39, 0.29) is 6.03 Å². The Kier molecular flexibility index (Phi) is 5.48. The van der Waals surface area contributed by atoms with E-state index in [2.05, 4.69) is 40.2 Å². The van der Waals surface area contributed by atoms with Crippen molar-refractivity contribution in [2.24, 2.45) is 5.92 Å². The molecule has 1 fully saturated rings. The maximum absolute atomic E-state index is 12.0. The molecular formula is C14H22BrN3O2. The SMILES string of the molecule is CN(C)CC1CCN(C(=O)NCCc2ccc(Br)o2)C1. The summed E-state index contributed by atoms with van der Waals surface area (Å²) in [6.07, 6.45) is 1.81. The van der Waals surface area contributed by atoms with Gasteiger partial charge in [0.05, 0.1) is 0 Å². The first-order chi connectivity index (χ1) is 9.54. The number of halogens is 1. The van der Waals surface area contributed by atoms with Crippen molar-refractivity contribution < 1.29 is 9.21 Å². The van der Waals surface area contributed by atoms with Crippen LogP contribution in [0.4, 0.5) is 4.79 Å². The van der Waals surface area contributed by atoms with Gasteiger partial charge < -0.3 is 19.5 Å². The molecule has 1 aliphatic heterocycles. The minimum absolute atomic E-state index is 0.0388. The highest BCUT2D eigenvalue weighted by molar-refractivity contribution is 9.10. The number of urea groups is 1. The number of carbonyl (C=O) groups excluding carboxylic acids is 1. The average Bonchev–Trinajstić information content (AvgIpc) is 2.98. The number of nitrogens with zero attached hydrogens (tertiary/aromatic N) is 2. The zero-order chi connectivity index (χ0) is 14.5. The van der Waals surface area contributed by atoms with Crippen LogP contribution in [0.2, 0.25) is 0 Å². The van der Waals surface area contributed by atoms with E-state index in [0.717, 1.165) is 36.5 Å². The van der Waals surface area contributed by atoms with Crippen LogP contribution in [0.5, 0.6) is 0 Å². The van der Waals surface area contributed by atoms with Crippen LogP contribution < -0.4 is 5.32 Å². The van der Waals surface area contributed by atoms with E-state index in [4.69, 9.17) is 4.42 Å². The van der Waals surface area contributed by atoms with Crippen LogP contribution in [0, 0.1) is 5.92 Å². The fourth-order valence-electron chi connectivity index (χ4n) is 2.57. The summed E-state index contributed by atoms with van der Waals surface area (Å²) < 4.78 is 6.12. The lowest BCUT2D eigenvalue weighted by molar-refractivity contribution is 0.205. The third kappa shape index (κ3) is 4.52. The van der Waals surface area contributed by atoms with Gasteiger partial charge in [0.15, 0.2) is 4.67 Å². The number of hydrogen-bond acceptors (Lipinski definition) is 3. The Hall–Kier alpha value is -1.01. The normalized spacial score (nSPS) is 18.8. The first-order valence-electron chi connectivity index (χ1n) is 6.96. The van der Waals surface area contributed by atoms with Crippen LogP contribution in [-0.2, 0) is 6.42 Å². The second-order valence-electron chi connectivity index (χ2n) is 5.55. The molecule has 20 heavy (non-hydrogen) atoms. The quantitative estimate of drug-likeness (QED) is 0.891. The van der Waals surface area contributed by atoms with E-state index in [1.165, 1.54) is 0 Å². The largest absolute Gasteiger partial charge is 0.454 e. The van der Waals surface area contributed by atoms with Gasteiger partial charge in [-0.05, 0) is 54.5 Å².